The van der Waals surface area contributed by atoms with Crippen LogP contribution in [0.25, 0.3) is 0 Å². The summed E-state index contributed by atoms with van der Waals surface area (Å²) in [5, 5.41) is 21.9. The van der Waals surface area contributed by atoms with Gasteiger partial charge < -0.3 is 20.3 Å². The van der Waals surface area contributed by atoms with Crippen molar-refractivity contribution in [3.05, 3.63) is 29.8 Å². The van der Waals surface area contributed by atoms with Gasteiger partial charge in [0, 0.05) is 12.0 Å². The number of rotatable bonds is 3. The predicted octanol–water partition coefficient (Wildman–Crippen LogP) is 2.47. The van der Waals surface area contributed by atoms with E-state index in [0.717, 1.165) is 0 Å². The molecule has 3 unspecified atom stereocenters. The lowest BCUT2D eigenvalue weighted by Crippen LogP contribution is -2.54. The monoisotopic (exact) mass is 307 g/mol. The Balaban J connectivity index is 2.14. The average molecular weight is 307 g/mol. The second-order valence-electron chi connectivity index (χ2n) is 6.52. The Morgan fingerprint density at radius 3 is 2.45 bits per heavy atom. The third kappa shape index (κ3) is 3.50. The highest BCUT2D eigenvalue weighted by Crippen LogP contribution is 2.45. The van der Waals surface area contributed by atoms with E-state index >= 15 is 0 Å². The fourth-order valence-corrected chi connectivity index (χ4v) is 2.72. The molecule has 120 valence electrons. The standard InChI is InChI=1S/C16H21NO5/c1-16(2,3)22-15(21)17-11-8-10(14(19)20)13(11)9-6-4-5-7-12(9)18/h4-7,10-11,13,18H,8H2,1-3H3,(H,17,21)(H,19,20). The molecule has 2 rings (SSSR count). The zero-order valence-electron chi connectivity index (χ0n) is 12.9. The van der Waals surface area contributed by atoms with Crippen LogP contribution in [-0.4, -0.2) is 33.9 Å². The van der Waals surface area contributed by atoms with Crippen LogP contribution in [0.4, 0.5) is 4.79 Å². The normalized spacial score (nSPS) is 24.2. The molecule has 22 heavy (non-hydrogen) atoms. The van der Waals surface area contributed by atoms with Crippen molar-refractivity contribution in [3.63, 3.8) is 0 Å². The summed E-state index contributed by atoms with van der Waals surface area (Å²) in [6.07, 6.45) is -0.269. The van der Waals surface area contributed by atoms with E-state index in [-0.39, 0.29) is 11.8 Å². The molecule has 1 saturated carbocycles. The number of benzene rings is 1. The van der Waals surface area contributed by atoms with Crippen molar-refractivity contribution in [3.8, 4) is 5.75 Å². The van der Waals surface area contributed by atoms with Crippen molar-refractivity contribution in [1.29, 1.82) is 0 Å². The minimum atomic E-state index is -0.935. The minimum Gasteiger partial charge on any atom is -0.508 e. The second-order valence-corrected chi connectivity index (χ2v) is 6.52. The molecule has 1 aromatic carbocycles. The van der Waals surface area contributed by atoms with Crippen molar-refractivity contribution in [1.82, 2.24) is 5.32 Å². The third-order valence-corrected chi connectivity index (χ3v) is 3.69. The first-order chi connectivity index (χ1) is 10.2. The van der Waals surface area contributed by atoms with Crippen LogP contribution in [0.15, 0.2) is 24.3 Å². The molecule has 0 radical (unpaired) electrons. The molecule has 0 aliphatic heterocycles. The first-order valence-electron chi connectivity index (χ1n) is 7.19. The fraction of sp³-hybridized carbons (Fsp3) is 0.500. The average Bonchev–Trinajstić information content (AvgIpc) is 2.34. The molecule has 0 aromatic heterocycles. The number of hydrogen-bond donors (Lipinski definition) is 3. The number of carboxylic acid groups (broad SMARTS) is 1. The molecular formula is C16H21NO5. The predicted molar refractivity (Wildman–Crippen MR) is 79.7 cm³/mol. The quantitative estimate of drug-likeness (QED) is 0.797. The van der Waals surface area contributed by atoms with E-state index in [2.05, 4.69) is 5.32 Å². The van der Waals surface area contributed by atoms with Crippen LogP contribution in [0, 0.1) is 5.92 Å². The van der Waals surface area contributed by atoms with Crippen LogP contribution in [0.3, 0.4) is 0 Å². The van der Waals surface area contributed by atoms with E-state index in [1.165, 1.54) is 6.07 Å². The maximum Gasteiger partial charge on any atom is 0.407 e. The summed E-state index contributed by atoms with van der Waals surface area (Å²) < 4.78 is 5.19. The number of phenolic OH excluding ortho intramolecular Hbond substituents is 1. The van der Waals surface area contributed by atoms with E-state index in [4.69, 9.17) is 4.74 Å². The van der Waals surface area contributed by atoms with Gasteiger partial charge in [0.1, 0.15) is 11.4 Å². The molecule has 0 spiro atoms. The number of para-hydroxylation sites is 1. The molecule has 0 heterocycles. The lowest BCUT2D eigenvalue weighted by Gasteiger charge is -2.43. The number of carbonyl (C=O) groups excluding carboxylic acids is 1. The minimum absolute atomic E-state index is 0.0365. The molecule has 1 amide bonds. The number of hydrogen-bond acceptors (Lipinski definition) is 4. The highest BCUT2D eigenvalue weighted by Gasteiger charge is 2.48. The van der Waals surface area contributed by atoms with E-state index in [1.807, 2.05) is 0 Å². The van der Waals surface area contributed by atoms with Crippen LogP contribution in [-0.2, 0) is 9.53 Å². The first-order valence-corrected chi connectivity index (χ1v) is 7.19. The molecule has 1 fully saturated rings. The van der Waals surface area contributed by atoms with Crippen LogP contribution >= 0.6 is 0 Å². The van der Waals surface area contributed by atoms with Gasteiger partial charge in [-0.1, -0.05) is 18.2 Å². The largest absolute Gasteiger partial charge is 0.508 e. The van der Waals surface area contributed by atoms with Gasteiger partial charge in [-0.25, -0.2) is 4.79 Å². The number of aromatic hydroxyl groups is 1. The highest BCUT2D eigenvalue weighted by atomic mass is 16.6. The number of carbonyl (C=O) groups is 2. The molecule has 6 nitrogen and oxygen atoms in total. The number of amides is 1. The number of nitrogens with one attached hydrogen (secondary N) is 1. The van der Waals surface area contributed by atoms with E-state index in [9.17, 15) is 19.8 Å². The van der Waals surface area contributed by atoms with Gasteiger partial charge >= 0.3 is 12.1 Å². The number of aliphatic carboxylic acids is 1. The summed E-state index contributed by atoms with van der Waals surface area (Å²) >= 11 is 0. The molecule has 3 N–H and O–H groups in total. The lowest BCUT2D eigenvalue weighted by atomic mass is 9.65. The summed E-state index contributed by atoms with van der Waals surface area (Å²) in [6.45, 7) is 5.27. The summed E-state index contributed by atoms with van der Waals surface area (Å²) in [6, 6.07) is 6.22. The van der Waals surface area contributed by atoms with Gasteiger partial charge in [-0.05, 0) is 38.8 Å². The van der Waals surface area contributed by atoms with Crippen molar-refractivity contribution in [2.75, 3.05) is 0 Å². The van der Waals surface area contributed by atoms with Gasteiger partial charge in [-0.3, -0.25) is 4.79 Å². The maximum absolute atomic E-state index is 11.9. The molecule has 1 aromatic rings. The van der Waals surface area contributed by atoms with Crippen LogP contribution in [0.5, 0.6) is 5.75 Å². The summed E-state index contributed by atoms with van der Waals surface area (Å²) in [5.41, 5.74) is -0.0908. The SMILES string of the molecule is CC(C)(C)OC(=O)NC1CC(C(=O)O)C1c1ccccc1O. The van der Waals surface area contributed by atoms with Crippen molar-refractivity contribution < 1.29 is 24.5 Å². The van der Waals surface area contributed by atoms with Crippen LogP contribution < -0.4 is 5.32 Å². The smallest absolute Gasteiger partial charge is 0.407 e. The zero-order chi connectivity index (χ0) is 16.5. The Kier molecular flexibility index (Phi) is 4.30. The van der Waals surface area contributed by atoms with Gasteiger partial charge in [0.2, 0.25) is 0 Å². The second kappa shape index (κ2) is 5.87. The fourth-order valence-electron chi connectivity index (χ4n) is 2.72. The Bertz CT molecular complexity index is 578. The van der Waals surface area contributed by atoms with Crippen molar-refractivity contribution >= 4 is 12.1 Å². The topological polar surface area (TPSA) is 95.9 Å². The number of carboxylic acids is 1. The molecule has 1 aliphatic rings. The Morgan fingerprint density at radius 2 is 1.91 bits per heavy atom. The summed E-state index contributed by atoms with van der Waals surface area (Å²) in [4.78, 5) is 23.2. The Morgan fingerprint density at radius 1 is 1.27 bits per heavy atom. The maximum atomic E-state index is 11.9. The lowest BCUT2D eigenvalue weighted by molar-refractivity contribution is -0.146. The molecule has 0 saturated heterocycles. The van der Waals surface area contributed by atoms with Gasteiger partial charge in [-0.15, -0.1) is 0 Å². The number of phenols is 1. The van der Waals surface area contributed by atoms with Gasteiger partial charge in [0.05, 0.1) is 5.92 Å². The van der Waals surface area contributed by atoms with E-state index in [1.54, 1.807) is 39.0 Å². The van der Waals surface area contributed by atoms with Crippen molar-refractivity contribution in [2.24, 2.45) is 5.92 Å². The first kappa shape index (κ1) is 16.1. The third-order valence-electron chi connectivity index (χ3n) is 3.69. The Labute approximate surface area is 129 Å². The van der Waals surface area contributed by atoms with Crippen LogP contribution in [0.2, 0.25) is 0 Å². The van der Waals surface area contributed by atoms with Gasteiger partial charge in [0.25, 0.3) is 0 Å². The Hall–Kier alpha value is -2.24. The van der Waals surface area contributed by atoms with Crippen molar-refractivity contribution in [2.45, 2.75) is 44.8 Å². The molecule has 6 heteroatoms. The van der Waals surface area contributed by atoms with Gasteiger partial charge in [0.15, 0.2) is 0 Å². The van der Waals surface area contributed by atoms with E-state index in [0.29, 0.717) is 12.0 Å². The molecule has 3 atom stereocenters. The van der Waals surface area contributed by atoms with Gasteiger partial charge in [-0.2, -0.15) is 0 Å². The zero-order valence-corrected chi connectivity index (χ0v) is 12.9. The van der Waals surface area contributed by atoms with E-state index < -0.39 is 29.5 Å². The molecule has 1 aliphatic carbocycles. The number of ether oxygens (including phenoxy) is 1. The summed E-state index contributed by atoms with van der Waals surface area (Å²) in [7, 11) is 0. The number of alkyl carbamates (subject to hydrolysis) is 1. The summed E-state index contributed by atoms with van der Waals surface area (Å²) in [5.74, 6) is -2.00. The molecular weight excluding hydrogens is 286 g/mol. The highest BCUT2D eigenvalue weighted by molar-refractivity contribution is 5.75. The molecule has 0 bridgehead atoms. The van der Waals surface area contributed by atoms with Crippen LogP contribution in [0.1, 0.15) is 38.7 Å².